The molecule has 0 saturated heterocycles. The van der Waals surface area contributed by atoms with Gasteiger partial charge in [-0.05, 0) is 12.0 Å². The number of esters is 2. The van der Waals surface area contributed by atoms with E-state index in [1.54, 1.807) is 6.21 Å². The number of nitrogens with one attached hydrogen (secondary N) is 1. The van der Waals surface area contributed by atoms with Gasteiger partial charge >= 0.3 is 11.9 Å². The molecule has 1 atom stereocenters. The second-order valence-electron chi connectivity index (χ2n) is 4.96. The van der Waals surface area contributed by atoms with Crippen LogP contribution < -0.4 is 5.32 Å². The molecule has 0 fully saturated rings. The molecule has 0 radical (unpaired) electrons. The molecular weight excluding hydrogens is 324 g/mol. The lowest BCUT2D eigenvalue weighted by Gasteiger charge is -2.14. The van der Waals surface area contributed by atoms with Gasteiger partial charge in [0.05, 0.1) is 6.54 Å². The lowest BCUT2D eigenvalue weighted by atomic mass is 10.1. The van der Waals surface area contributed by atoms with Gasteiger partial charge in [0.2, 0.25) is 6.41 Å². The third-order valence-corrected chi connectivity index (χ3v) is 3.06. The van der Waals surface area contributed by atoms with E-state index in [-0.39, 0.29) is 26.1 Å². The lowest BCUT2D eigenvalue weighted by Crippen LogP contribution is -2.37. The van der Waals surface area contributed by atoms with Gasteiger partial charge in [-0.1, -0.05) is 43.0 Å². The van der Waals surface area contributed by atoms with Crippen molar-refractivity contribution in [1.82, 2.24) is 5.32 Å². The molecule has 1 rings (SSSR count). The molecule has 0 bridgehead atoms. The van der Waals surface area contributed by atoms with Crippen LogP contribution in [-0.4, -0.2) is 50.4 Å². The summed E-state index contributed by atoms with van der Waals surface area (Å²) in [6.07, 6.45) is 3.59. The summed E-state index contributed by atoms with van der Waals surface area (Å²) in [5, 5.41) is 2.32. The SMILES string of the molecule is C=CCOC(=O)[C@H](CCC(=O)OCCN=Cc1ccccc1)NC=O. The molecule has 0 aromatic heterocycles. The van der Waals surface area contributed by atoms with Crippen molar-refractivity contribution in [2.75, 3.05) is 19.8 Å². The van der Waals surface area contributed by atoms with Gasteiger partial charge < -0.3 is 14.8 Å². The number of carbonyl (C=O) groups excluding carboxylic acids is 3. The van der Waals surface area contributed by atoms with E-state index < -0.39 is 18.0 Å². The van der Waals surface area contributed by atoms with Gasteiger partial charge in [0.25, 0.3) is 0 Å². The summed E-state index contributed by atoms with van der Waals surface area (Å²) in [6.45, 7) is 3.96. The molecule has 25 heavy (non-hydrogen) atoms. The Labute approximate surface area is 146 Å². The van der Waals surface area contributed by atoms with Crippen LogP contribution in [0.3, 0.4) is 0 Å². The van der Waals surface area contributed by atoms with Gasteiger partial charge in [-0.15, -0.1) is 0 Å². The topological polar surface area (TPSA) is 94.1 Å². The molecular formula is C18H22N2O5. The summed E-state index contributed by atoms with van der Waals surface area (Å²) < 4.78 is 9.88. The van der Waals surface area contributed by atoms with Crippen LogP contribution in [0.25, 0.3) is 0 Å². The molecule has 1 aromatic carbocycles. The highest BCUT2D eigenvalue weighted by atomic mass is 16.5. The first kappa shape index (κ1) is 20.1. The first-order chi connectivity index (χ1) is 12.2. The molecule has 0 saturated carbocycles. The van der Waals surface area contributed by atoms with E-state index in [9.17, 15) is 14.4 Å². The summed E-state index contributed by atoms with van der Waals surface area (Å²) >= 11 is 0. The standard InChI is InChI=1S/C18H22N2O5/c1-2-11-25-18(23)16(20-14-21)8-9-17(22)24-12-10-19-13-15-6-4-3-5-7-15/h2-7,13-14,16H,1,8-12H2,(H,20,21)/t16-/m0/s1. The zero-order valence-corrected chi connectivity index (χ0v) is 13.9. The number of aliphatic imine (C=N–C) groups is 1. The van der Waals surface area contributed by atoms with Gasteiger partial charge in [0.1, 0.15) is 19.3 Å². The molecule has 0 unspecified atom stereocenters. The van der Waals surface area contributed by atoms with Crippen LogP contribution in [0, 0.1) is 0 Å². The van der Waals surface area contributed by atoms with Crippen LogP contribution in [0.4, 0.5) is 0 Å². The van der Waals surface area contributed by atoms with Gasteiger partial charge in [-0.2, -0.15) is 0 Å². The van der Waals surface area contributed by atoms with Crippen LogP contribution in [0.5, 0.6) is 0 Å². The molecule has 1 N–H and O–H groups in total. The zero-order chi connectivity index (χ0) is 18.3. The number of hydrogen-bond acceptors (Lipinski definition) is 6. The Kier molecular flexibility index (Phi) is 10.0. The summed E-state index contributed by atoms with van der Waals surface area (Å²) in [6, 6.07) is 8.68. The maximum Gasteiger partial charge on any atom is 0.328 e. The van der Waals surface area contributed by atoms with Crippen molar-refractivity contribution < 1.29 is 23.9 Å². The van der Waals surface area contributed by atoms with Crippen molar-refractivity contribution in [1.29, 1.82) is 0 Å². The zero-order valence-electron chi connectivity index (χ0n) is 13.9. The van der Waals surface area contributed by atoms with E-state index in [0.717, 1.165) is 5.56 Å². The third kappa shape index (κ3) is 9.04. The summed E-state index contributed by atoms with van der Waals surface area (Å²) in [5.74, 6) is -1.09. The van der Waals surface area contributed by atoms with Crippen molar-refractivity contribution in [3.63, 3.8) is 0 Å². The number of benzene rings is 1. The van der Waals surface area contributed by atoms with Crippen LogP contribution >= 0.6 is 0 Å². The van der Waals surface area contributed by atoms with Crippen molar-refractivity contribution in [2.24, 2.45) is 4.99 Å². The van der Waals surface area contributed by atoms with Crippen molar-refractivity contribution in [3.05, 3.63) is 48.6 Å². The lowest BCUT2D eigenvalue weighted by molar-refractivity contribution is -0.147. The molecule has 7 heteroatoms. The predicted octanol–water partition coefficient (Wildman–Crippen LogP) is 1.27. The van der Waals surface area contributed by atoms with E-state index in [1.807, 2.05) is 30.3 Å². The number of ether oxygens (including phenoxy) is 2. The largest absolute Gasteiger partial charge is 0.464 e. The van der Waals surface area contributed by atoms with E-state index in [2.05, 4.69) is 16.9 Å². The smallest absolute Gasteiger partial charge is 0.328 e. The Morgan fingerprint density at radius 1 is 1.24 bits per heavy atom. The van der Waals surface area contributed by atoms with Gasteiger partial charge in [0.15, 0.2) is 0 Å². The number of amides is 1. The Morgan fingerprint density at radius 2 is 2.00 bits per heavy atom. The molecule has 0 spiro atoms. The minimum atomic E-state index is -0.888. The van der Waals surface area contributed by atoms with Crippen molar-refractivity contribution in [2.45, 2.75) is 18.9 Å². The average Bonchev–Trinajstić information content (AvgIpc) is 2.63. The fourth-order valence-corrected chi connectivity index (χ4v) is 1.85. The van der Waals surface area contributed by atoms with E-state index in [0.29, 0.717) is 13.0 Å². The van der Waals surface area contributed by atoms with Crippen molar-refractivity contribution in [3.8, 4) is 0 Å². The van der Waals surface area contributed by atoms with Crippen LogP contribution in [0.15, 0.2) is 48.0 Å². The van der Waals surface area contributed by atoms with Gasteiger partial charge in [-0.3, -0.25) is 14.6 Å². The minimum absolute atomic E-state index is 0.0168. The number of nitrogens with zero attached hydrogens (tertiary/aromatic N) is 1. The first-order valence-electron chi connectivity index (χ1n) is 7.85. The second-order valence-corrected chi connectivity index (χ2v) is 4.96. The quantitative estimate of drug-likeness (QED) is 0.202. The fourth-order valence-electron chi connectivity index (χ4n) is 1.85. The number of hydrogen-bond donors (Lipinski definition) is 1. The van der Waals surface area contributed by atoms with Crippen LogP contribution in [0.2, 0.25) is 0 Å². The molecule has 0 heterocycles. The Bertz CT molecular complexity index is 586. The monoisotopic (exact) mass is 346 g/mol. The Balaban J connectivity index is 2.25. The number of rotatable bonds is 12. The Hall–Kier alpha value is -2.96. The molecule has 1 amide bonds. The van der Waals surface area contributed by atoms with E-state index in [4.69, 9.17) is 9.47 Å². The van der Waals surface area contributed by atoms with Crippen LogP contribution in [0.1, 0.15) is 18.4 Å². The summed E-state index contributed by atoms with van der Waals surface area (Å²) in [7, 11) is 0. The van der Waals surface area contributed by atoms with E-state index in [1.165, 1.54) is 6.08 Å². The molecule has 134 valence electrons. The maximum atomic E-state index is 11.7. The van der Waals surface area contributed by atoms with Crippen LogP contribution in [-0.2, 0) is 23.9 Å². The highest BCUT2D eigenvalue weighted by Crippen LogP contribution is 2.02. The third-order valence-electron chi connectivity index (χ3n) is 3.06. The average molecular weight is 346 g/mol. The molecule has 0 aliphatic heterocycles. The van der Waals surface area contributed by atoms with Crippen molar-refractivity contribution >= 4 is 24.6 Å². The van der Waals surface area contributed by atoms with E-state index >= 15 is 0 Å². The second kappa shape index (κ2) is 12.5. The summed E-state index contributed by atoms with van der Waals surface area (Å²) in [5.41, 5.74) is 0.967. The molecule has 7 nitrogen and oxygen atoms in total. The molecule has 0 aliphatic rings. The highest BCUT2D eigenvalue weighted by Gasteiger charge is 2.20. The summed E-state index contributed by atoms with van der Waals surface area (Å²) in [4.78, 5) is 38.0. The minimum Gasteiger partial charge on any atom is -0.464 e. The van der Waals surface area contributed by atoms with Gasteiger partial charge in [-0.25, -0.2) is 4.79 Å². The van der Waals surface area contributed by atoms with Gasteiger partial charge in [0, 0.05) is 12.6 Å². The maximum absolute atomic E-state index is 11.7. The Morgan fingerprint density at radius 3 is 2.68 bits per heavy atom. The molecule has 0 aliphatic carbocycles. The fraction of sp³-hybridized carbons (Fsp3) is 0.333. The molecule has 1 aromatic rings. The normalized spacial score (nSPS) is 11.5. The highest BCUT2D eigenvalue weighted by molar-refractivity contribution is 5.80. The predicted molar refractivity (Wildman–Crippen MR) is 93.2 cm³/mol. The first-order valence-corrected chi connectivity index (χ1v) is 7.85. The number of carbonyl (C=O) groups is 3.